The van der Waals surface area contributed by atoms with Crippen LogP contribution in [0.25, 0.3) is 5.69 Å². The lowest BCUT2D eigenvalue weighted by molar-refractivity contribution is -0.119. The molecule has 1 N–H and O–H groups in total. The number of carbonyl (C=O) groups excluding carboxylic acids is 2. The van der Waals surface area contributed by atoms with E-state index in [2.05, 4.69) is 10.4 Å². The first kappa shape index (κ1) is 18.4. The highest BCUT2D eigenvalue weighted by Crippen LogP contribution is 2.17. The van der Waals surface area contributed by atoms with Gasteiger partial charge in [-0.05, 0) is 17.7 Å². The van der Waals surface area contributed by atoms with E-state index in [0.717, 1.165) is 11.1 Å². The minimum absolute atomic E-state index is 0.0756. The van der Waals surface area contributed by atoms with Crippen molar-refractivity contribution in [3.8, 4) is 5.69 Å². The van der Waals surface area contributed by atoms with Gasteiger partial charge in [0, 0.05) is 38.8 Å². The lowest BCUT2D eigenvalue weighted by Gasteiger charge is -2.19. The smallest absolute Gasteiger partial charge is 0.256 e. The Morgan fingerprint density at radius 2 is 1.74 bits per heavy atom. The molecule has 0 unspecified atom stereocenters. The second-order valence-corrected chi connectivity index (χ2v) is 6.37. The van der Waals surface area contributed by atoms with Crippen molar-refractivity contribution >= 4 is 11.8 Å². The number of benzene rings is 2. The van der Waals surface area contributed by atoms with E-state index in [4.69, 9.17) is 0 Å². The topological polar surface area (TPSA) is 67.2 Å². The minimum atomic E-state index is -0.0964. The Morgan fingerprint density at radius 1 is 1.04 bits per heavy atom. The summed E-state index contributed by atoms with van der Waals surface area (Å²) in [5.41, 5.74) is 3.22. The van der Waals surface area contributed by atoms with Crippen molar-refractivity contribution in [1.29, 1.82) is 0 Å². The van der Waals surface area contributed by atoms with E-state index in [-0.39, 0.29) is 11.8 Å². The van der Waals surface area contributed by atoms with Crippen LogP contribution < -0.4 is 5.32 Å². The summed E-state index contributed by atoms with van der Waals surface area (Å²) < 4.78 is 1.67. The van der Waals surface area contributed by atoms with Crippen molar-refractivity contribution in [3.05, 3.63) is 83.7 Å². The van der Waals surface area contributed by atoms with E-state index in [1.807, 2.05) is 54.7 Å². The van der Waals surface area contributed by atoms with Gasteiger partial charge in [0.2, 0.25) is 5.91 Å². The third-order valence-electron chi connectivity index (χ3n) is 4.17. The average Bonchev–Trinajstić information content (AvgIpc) is 3.15. The van der Waals surface area contributed by atoms with E-state index >= 15 is 0 Å². The molecule has 0 saturated carbocycles. The monoisotopic (exact) mass is 362 g/mol. The molecule has 0 aliphatic carbocycles. The average molecular weight is 362 g/mol. The van der Waals surface area contributed by atoms with Crippen LogP contribution in [0.5, 0.6) is 0 Å². The maximum Gasteiger partial charge on any atom is 0.256 e. The van der Waals surface area contributed by atoms with Crippen molar-refractivity contribution in [2.75, 3.05) is 7.05 Å². The van der Waals surface area contributed by atoms with E-state index in [9.17, 15) is 9.59 Å². The van der Waals surface area contributed by atoms with Crippen LogP contribution in [0, 0.1) is 0 Å². The fourth-order valence-electron chi connectivity index (χ4n) is 2.80. The molecule has 1 aromatic heterocycles. The van der Waals surface area contributed by atoms with Crippen molar-refractivity contribution < 1.29 is 9.59 Å². The van der Waals surface area contributed by atoms with Crippen LogP contribution in [-0.2, 0) is 17.9 Å². The van der Waals surface area contributed by atoms with Crippen molar-refractivity contribution in [1.82, 2.24) is 20.0 Å². The molecular formula is C21H22N4O2. The number of para-hydroxylation sites is 1. The minimum Gasteiger partial charge on any atom is -0.352 e. The van der Waals surface area contributed by atoms with Gasteiger partial charge in [-0.1, -0.05) is 42.5 Å². The number of amides is 2. The Morgan fingerprint density at radius 3 is 2.48 bits per heavy atom. The van der Waals surface area contributed by atoms with Crippen LogP contribution in [0.2, 0.25) is 0 Å². The number of nitrogens with zero attached hydrogens (tertiary/aromatic N) is 3. The summed E-state index contributed by atoms with van der Waals surface area (Å²) in [5.74, 6) is -0.172. The number of hydrogen-bond donors (Lipinski definition) is 1. The van der Waals surface area contributed by atoms with Gasteiger partial charge in [-0.2, -0.15) is 5.10 Å². The van der Waals surface area contributed by atoms with Gasteiger partial charge in [-0.15, -0.1) is 0 Å². The molecule has 0 fully saturated rings. The Hall–Kier alpha value is -3.41. The first-order valence-electron chi connectivity index (χ1n) is 8.71. The van der Waals surface area contributed by atoms with Gasteiger partial charge >= 0.3 is 0 Å². The van der Waals surface area contributed by atoms with Gasteiger partial charge in [0.15, 0.2) is 0 Å². The summed E-state index contributed by atoms with van der Waals surface area (Å²) >= 11 is 0. The van der Waals surface area contributed by atoms with E-state index < -0.39 is 0 Å². The molecule has 0 atom stereocenters. The maximum absolute atomic E-state index is 13.0. The van der Waals surface area contributed by atoms with Gasteiger partial charge in [-0.3, -0.25) is 9.59 Å². The molecule has 0 spiro atoms. The zero-order chi connectivity index (χ0) is 19.2. The first-order chi connectivity index (χ1) is 13.0. The molecule has 0 bridgehead atoms. The van der Waals surface area contributed by atoms with Crippen LogP contribution in [0.15, 0.2) is 67.0 Å². The standard InChI is InChI=1S/C21H22N4O2/c1-16(26)22-12-18-13-23-25(15-18)20-11-7-6-10-19(20)21(27)24(2)14-17-8-4-3-5-9-17/h3-11,13,15H,12,14H2,1-2H3,(H,22,26). The molecule has 138 valence electrons. The van der Waals surface area contributed by atoms with E-state index in [1.165, 1.54) is 6.92 Å². The van der Waals surface area contributed by atoms with Crippen LogP contribution in [-0.4, -0.2) is 33.5 Å². The largest absolute Gasteiger partial charge is 0.352 e. The van der Waals surface area contributed by atoms with Gasteiger partial charge in [-0.25, -0.2) is 4.68 Å². The summed E-state index contributed by atoms with van der Waals surface area (Å²) in [7, 11) is 1.79. The Labute approximate surface area is 158 Å². The van der Waals surface area contributed by atoms with Gasteiger partial charge < -0.3 is 10.2 Å². The summed E-state index contributed by atoms with van der Waals surface area (Å²) in [6.07, 6.45) is 3.50. The highest BCUT2D eigenvalue weighted by molar-refractivity contribution is 5.97. The van der Waals surface area contributed by atoms with Gasteiger partial charge in [0.05, 0.1) is 17.4 Å². The Kier molecular flexibility index (Phi) is 5.66. The molecule has 1 heterocycles. The third kappa shape index (κ3) is 4.61. The van der Waals surface area contributed by atoms with Crippen molar-refractivity contribution in [2.45, 2.75) is 20.0 Å². The summed E-state index contributed by atoms with van der Waals surface area (Å²) in [4.78, 5) is 25.8. The van der Waals surface area contributed by atoms with Gasteiger partial charge in [0.25, 0.3) is 5.91 Å². The van der Waals surface area contributed by atoms with Crippen molar-refractivity contribution in [3.63, 3.8) is 0 Å². The van der Waals surface area contributed by atoms with Crippen LogP contribution in [0.1, 0.15) is 28.4 Å². The molecule has 2 amide bonds. The molecule has 0 radical (unpaired) electrons. The second-order valence-electron chi connectivity index (χ2n) is 6.37. The summed E-state index contributed by atoms with van der Waals surface area (Å²) in [5, 5.41) is 7.09. The van der Waals surface area contributed by atoms with Crippen LogP contribution in [0.3, 0.4) is 0 Å². The summed E-state index contributed by atoms with van der Waals surface area (Å²) in [6, 6.07) is 17.2. The lowest BCUT2D eigenvalue weighted by atomic mass is 10.1. The van der Waals surface area contributed by atoms with Crippen molar-refractivity contribution in [2.24, 2.45) is 0 Å². The molecule has 0 saturated heterocycles. The fourth-order valence-corrected chi connectivity index (χ4v) is 2.80. The molecule has 0 aliphatic rings. The van der Waals surface area contributed by atoms with E-state index in [1.54, 1.807) is 28.9 Å². The van der Waals surface area contributed by atoms with E-state index in [0.29, 0.717) is 24.3 Å². The van der Waals surface area contributed by atoms with Crippen LogP contribution in [0.4, 0.5) is 0 Å². The maximum atomic E-state index is 13.0. The quantitative estimate of drug-likeness (QED) is 0.733. The highest BCUT2D eigenvalue weighted by atomic mass is 16.2. The Balaban J connectivity index is 1.81. The molecule has 3 aromatic rings. The zero-order valence-electron chi connectivity index (χ0n) is 15.4. The highest BCUT2D eigenvalue weighted by Gasteiger charge is 2.17. The second kappa shape index (κ2) is 8.31. The molecule has 0 aliphatic heterocycles. The molecule has 6 heteroatoms. The SMILES string of the molecule is CC(=O)NCc1cnn(-c2ccccc2C(=O)N(C)Cc2ccccc2)c1. The summed E-state index contributed by atoms with van der Waals surface area (Å²) in [6.45, 7) is 2.40. The zero-order valence-corrected chi connectivity index (χ0v) is 15.4. The molecule has 3 rings (SSSR count). The van der Waals surface area contributed by atoms with Crippen LogP contribution >= 0.6 is 0 Å². The normalized spacial score (nSPS) is 10.4. The number of aromatic nitrogens is 2. The number of rotatable bonds is 6. The molecule has 27 heavy (non-hydrogen) atoms. The third-order valence-corrected chi connectivity index (χ3v) is 4.17. The fraction of sp³-hybridized carbons (Fsp3) is 0.190. The first-order valence-corrected chi connectivity index (χ1v) is 8.71. The molecule has 6 nitrogen and oxygen atoms in total. The lowest BCUT2D eigenvalue weighted by Crippen LogP contribution is -2.27. The van der Waals surface area contributed by atoms with Gasteiger partial charge in [0.1, 0.15) is 0 Å². The number of carbonyl (C=O) groups is 2. The Bertz CT molecular complexity index is 934. The predicted octanol–water partition coefficient (Wildman–Crippen LogP) is 2.78. The number of nitrogens with one attached hydrogen (secondary N) is 1. The predicted molar refractivity (Wildman–Crippen MR) is 103 cm³/mol. The number of hydrogen-bond acceptors (Lipinski definition) is 3. The molecular weight excluding hydrogens is 340 g/mol. The molecule has 2 aromatic carbocycles.